The number of ether oxygens (including phenoxy) is 1. The number of halogens is 3. The van der Waals surface area contributed by atoms with Crippen molar-refractivity contribution in [1.82, 2.24) is 0 Å². The molecule has 0 spiro atoms. The van der Waals surface area contributed by atoms with Crippen LogP contribution < -0.4 is 0 Å². The number of hydrogen-bond acceptors (Lipinski definition) is 2. The summed E-state index contributed by atoms with van der Waals surface area (Å²) in [4.78, 5) is 0. The minimum absolute atomic E-state index is 0.236. The van der Waals surface area contributed by atoms with Crippen LogP contribution in [0.4, 0.5) is 13.2 Å². The van der Waals surface area contributed by atoms with Crippen molar-refractivity contribution in [3.8, 4) is 0 Å². The lowest BCUT2D eigenvalue weighted by Crippen LogP contribution is -2.31. The van der Waals surface area contributed by atoms with E-state index in [1.807, 2.05) is 0 Å². The summed E-state index contributed by atoms with van der Waals surface area (Å²) in [5, 5.41) is 10.4. The van der Waals surface area contributed by atoms with Gasteiger partial charge in [-0.2, -0.15) is 13.2 Å². The molecule has 0 bridgehead atoms. The summed E-state index contributed by atoms with van der Waals surface area (Å²) in [7, 11) is 0. The third-order valence-corrected chi connectivity index (χ3v) is 3.43. The Morgan fingerprint density at radius 1 is 1.21 bits per heavy atom. The Labute approximate surface area is 110 Å². The van der Waals surface area contributed by atoms with E-state index in [-0.39, 0.29) is 6.42 Å². The normalized spacial score (nSPS) is 25.1. The molecule has 2 nitrogen and oxygen atoms in total. The lowest BCUT2D eigenvalue weighted by molar-refractivity contribution is -0.137. The van der Waals surface area contributed by atoms with Crippen molar-refractivity contribution in [2.75, 3.05) is 13.2 Å². The van der Waals surface area contributed by atoms with E-state index in [1.165, 1.54) is 6.07 Å². The van der Waals surface area contributed by atoms with Gasteiger partial charge in [0.2, 0.25) is 0 Å². The molecule has 1 aromatic rings. The molecule has 1 aliphatic rings. The fraction of sp³-hybridized carbons (Fsp3) is 0.571. The van der Waals surface area contributed by atoms with Gasteiger partial charge in [0.25, 0.3) is 0 Å². The molecule has 19 heavy (non-hydrogen) atoms. The molecule has 0 aliphatic carbocycles. The van der Waals surface area contributed by atoms with Gasteiger partial charge in [-0.3, -0.25) is 0 Å². The highest BCUT2D eigenvalue weighted by Gasteiger charge is 2.32. The van der Waals surface area contributed by atoms with Gasteiger partial charge in [-0.1, -0.05) is 18.2 Å². The van der Waals surface area contributed by atoms with Crippen molar-refractivity contribution >= 4 is 0 Å². The summed E-state index contributed by atoms with van der Waals surface area (Å²) in [6, 6.07) is 5.17. The highest BCUT2D eigenvalue weighted by molar-refractivity contribution is 5.26. The predicted octanol–water partition coefficient (Wildman–Crippen LogP) is 3.18. The minimum Gasteiger partial charge on any atom is -0.389 e. The van der Waals surface area contributed by atoms with Crippen LogP contribution in [0.3, 0.4) is 0 Å². The van der Waals surface area contributed by atoms with Crippen LogP contribution in [0.25, 0.3) is 0 Å². The summed E-state index contributed by atoms with van der Waals surface area (Å²) in [6.45, 7) is 1.06. The van der Waals surface area contributed by atoms with Crippen LogP contribution in [0.15, 0.2) is 24.3 Å². The number of rotatable bonds is 2. The van der Waals surface area contributed by atoms with E-state index in [1.54, 1.807) is 6.07 Å². The van der Waals surface area contributed by atoms with E-state index in [0.717, 1.165) is 18.6 Å². The first-order valence-corrected chi connectivity index (χ1v) is 6.35. The van der Waals surface area contributed by atoms with Crippen LogP contribution in [0, 0.1) is 0 Å². The van der Waals surface area contributed by atoms with Gasteiger partial charge < -0.3 is 9.84 Å². The molecule has 1 aliphatic heterocycles. The third-order valence-electron chi connectivity index (χ3n) is 3.43. The zero-order valence-corrected chi connectivity index (χ0v) is 10.5. The minimum atomic E-state index is -4.34. The van der Waals surface area contributed by atoms with Crippen molar-refractivity contribution in [2.24, 2.45) is 0 Å². The molecular weight excluding hydrogens is 257 g/mol. The van der Waals surface area contributed by atoms with Gasteiger partial charge >= 0.3 is 6.18 Å². The van der Waals surface area contributed by atoms with E-state index < -0.39 is 17.3 Å². The maximum atomic E-state index is 12.6. The fourth-order valence-electron chi connectivity index (χ4n) is 2.41. The van der Waals surface area contributed by atoms with E-state index in [4.69, 9.17) is 4.74 Å². The molecule has 1 atom stereocenters. The second kappa shape index (κ2) is 5.51. The highest BCUT2D eigenvalue weighted by Crippen LogP contribution is 2.31. The first-order valence-electron chi connectivity index (χ1n) is 6.35. The fourth-order valence-corrected chi connectivity index (χ4v) is 2.41. The molecule has 1 heterocycles. The molecule has 0 radical (unpaired) electrons. The van der Waals surface area contributed by atoms with Crippen LogP contribution >= 0.6 is 0 Å². The van der Waals surface area contributed by atoms with Crippen molar-refractivity contribution in [1.29, 1.82) is 0 Å². The van der Waals surface area contributed by atoms with E-state index in [0.29, 0.717) is 31.6 Å². The maximum Gasteiger partial charge on any atom is 0.416 e. The van der Waals surface area contributed by atoms with Gasteiger partial charge in [-0.15, -0.1) is 0 Å². The first kappa shape index (κ1) is 14.3. The first-order chi connectivity index (χ1) is 8.89. The Morgan fingerprint density at radius 2 is 2.00 bits per heavy atom. The summed E-state index contributed by atoms with van der Waals surface area (Å²) < 4.78 is 43.1. The molecule has 0 saturated carbocycles. The number of benzene rings is 1. The zero-order valence-electron chi connectivity index (χ0n) is 10.5. The summed E-state index contributed by atoms with van der Waals surface area (Å²) >= 11 is 0. The molecule has 0 amide bonds. The van der Waals surface area contributed by atoms with Crippen molar-refractivity contribution < 1.29 is 23.0 Å². The van der Waals surface area contributed by atoms with E-state index in [9.17, 15) is 18.3 Å². The van der Waals surface area contributed by atoms with Crippen molar-refractivity contribution in [3.63, 3.8) is 0 Å². The molecule has 5 heteroatoms. The average molecular weight is 274 g/mol. The second-order valence-electron chi connectivity index (χ2n) is 5.07. The molecule has 1 saturated heterocycles. The van der Waals surface area contributed by atoms with Crippen LogP contribution in [0.1, 0.15) is 30.4 Å². The van der Waals surface area contributed by atoms with E-state index >= 15 is 0 Å². The monoisotopic (exact) mass is 274 g/mol. The van der Waals surface area contributed by atoms with Gasteiger partial charge in [0.1, 0.15) is 0 Å². The highest BCUT2D eigenvalue weighted by atomic mass is 19.4. The average Bonchev–Trinajstić information content (AvgIpc) is 2.53. The largest absolute Gasteiger partial charge is 0.416 e. The van der Waals surface area contributed by atoms with Crippen LogP contribution in [-0.4, -0.2) is 23.9 Å². The van der Waals surface area contributed by atoms with E-state index in [2.05, 4.69) is 0 Å². The Balaban J connectivity index is 2.14. The molecule has 1 N–H and O–H groups in total. The molecule has 1 fully saturated rings. The maximum absolute atomic E-state index is 12.6. The number of hydrogen-bond donors (Lipinski definition) is 1. The molecule has 106 valence electrons. The number of alkyl halides is 3. The Kier molecular flexibility index (Phi) is 4.16. The van der Waals surface area contributed by atoms with Gasteiger partial charge in [0.05, 0.1) is 11.2 Å². The molecular formula is C14H17F3O2. The molecule has 1 unspecified atom stereocenters. The topological polar surface area (TPSA) is 29.5 Å². The predicted molar refractivity (Wildman–Crippen MR) is 64.8 cm³/mol. The van der Waals surface area contributed by atoms with Gasteiger partial charge in [0, 0.05) is 19.6 Å². The molecule has 2 rings (SSSR count). The molecule has 0 aromatic heterocycles. The van der Waals surface area contributed by atoms with Gasteiger partial charge in [0.15, 0.2) is 0 Å². The van der Waals surface area contributed by atoms with Gasteiger partial charge in [-0.25, -0.2) is 0 Å². The Morgan fingerprint density at radius 3 is 2.74 bits per heavy atom. The quantitative estimate of drug-likeness (QED) is 0.897. The summed E-state index contributed by atoms with van der Waals surface area (Å²) in [5.74, 6) is 0. The lowest BCUT2D eigenvalue weighted by Gasteiger charge is -2.26. The van der Waals surface area contributed by atoms with Crippen LogP contribution in [0.2, 0.25) is 0 Å². The lowest BCUT2D eigenvalue weighted by atomic mass is 9.87. The van der Waals surface area contributed by atoms with Crippen molar-refractivity contribution in [3.05, 3.63) is 35.4 Å². The zero-order chi connectivity index (χ0) is 13.9. The van der Waals surface area contributed by atoms with Crippen molar-refractivity contribution in [2.45, 2.75) is 37.5 Å². The summed E-state index contributed by atoms with van der Waals surface area (Å²) in [5.41, 5.74) is -1.11. The second-order valence-corrected chi connectivity index (χ2v) is 5.07. The smallest absolute Gasteiger partial charge is 0.389 e. The van der Waals surface area contributed by atoms with Crippen LogP contribution in [0.5, 0.6) is 0 Å². The standard InChI is InChI=1S/C14H17F3O2/c15-14(16,17)12-4-1-3-11(9-12)10-13(18)5-2-7-19-8-6-13/h1,3-4,9,18H,2,5-8,10H2. The SMILES string of the molecule is OC1(Cc2cccc(C(F)(F)F)c2)CCCOCC1. The van der Waals surface area contributed by atoms with Gasteiger partial charge in [-0.05, 0) is 30.9 Å². The Hall–Kier alpha value is -1.07. The third kappa shape index (κ3) is 3.94. The molecule has 1 aromatic carbocycles. The Bertz CT molecular complexity index is 421. The number of aliphatic hydroxyl groups is 1. The summed E-state index contributed by atoms with van der Waals surface area (Å²) in [6.07, 6.45) is -2.35. The van der Waals surface area contributed by atoms with Crippen LogP contribution in [-0.2, 0) is 17.3 Å².